The minimum Gasteiger partial charge on any atom is -0.288 e. The number of hydrogen-bond donors (Lipinski definition) is 1. The molecule has 1 heterocycles. The maximum atomic E-state index is 13.7. The van der Waals surface area contributed by atoms with Crippen molar-refractivity contribution in [2.45, 2.75) is 26.3 Å². The van der Waals surface area contributed by atoms with Crippen LogP contribution in [0, 0.1) is 17.1 Å². The number of nitriles is 1. The van der Waals surface area contributed by atoms with Crippen molar-refractivity contribution in [1.29, 1.82) is 5.26 Å². The summed E-state index contributed by atoms with van der Waals surface area (Å²) in [6, 6.07) is 5.40. The maximum absolute atomic E-state index is 13.7. The third-order valence-electron chi connectivity index (χ3n) is 2.73. The zero-order valence-corrected chi connectivity index (χ0v) is 11.4. The molecule has 0 aliphatic heterocycles. The Morgan fingerprint density at radius 3 is 3.00 bits per heavy atom. The number of nitrogens with one attached hydrogen (secondary N) is 1. The highest BCUT2D eigenvalue weighted by atomic mass is 19.1. The van der Waals surface area contributed by atoms with Gasteiger partial charge in [0.05, 0.1) is 23.7 Å². The highest BCUT2D eigenvalue weighted by Crippen LogP contribution is 2.11. The van der Waals surface area contributed by atoms with E-state index in [4.69, 9.17) is 5.26 Å². The van der Waals surface area contributed by atoms with E-state index in [-0.39, 0.29) is 17.1 Å². The molecule has 1 aromatic heterocycles. The van der Waals surface area contributed by atoms with Crippen LogP contribution in [0.1, 0.15) is 35.7 Å². The quantitative estimate of drug-likeness (QED) is 0.903. The fourth-order valence-electron chi connectivity index (χ4n) is 1.63. The third-order valence-corrected chi connectivity index (χ3v) is 2.73. The summed E-state index contributed by atoms with van der Waals surface area (Å²) in [5.74, 6) is -1.45. The lowest BCUT2D eigenvalue weighted by molar-refractivity contribution is 0.102. The summed E-state index contributed by atoms with van der Waals surface area (Å²) in [7, 11) is 0. The highest BCUT2D eigenvalue weighted by molar-refractivity contribution is 6.03. The number of tetrazole rings is 1. The molecule has 2 rings (SSSR count). The molecule has 1 amide bonds. The molecule has 0 aliphatic carbocycles. The van der Waals surface area contributed by atoms with Crippen molar-refractivity contribution in [2.24, 2.45) is 0 Å². The molecule has 8 heteroatoms. The first-order valence-corrected chi connectivity index (χ1v) is 6.43. The summed E-state index contributed by atoms with van der Waals surface area (Å²) in [6.45, 7) is 2.64. The van der Waals surface area contributed by atoms with Crippen molar-refractivity contribution in [3.63, 3.8) is 0 Å². The van der Waals surface area contributed by atoms with Crippen molar-refractivity contribution in [3.05, 3.63) is 35.1 Å². The normalized spacial score (nSPS) is 10.1. The lowest BCUT2D eigenvalue weighted by atomic mass is 10.1. The van der Waals surface area contributed by atoms with Crippen molar-refractivity contribution in [2.75, 3.05) is 5.32 Å². The average molecular weight is 288 g/mol. The topological polar surface area (TPSA) is 96.5 Å². The molecule has 0 saturated carbocycles. The van der Waals surface area contributed by atoms with E-state index in [9.17, 15) is 9.18 Å². The zero-order valence-electron chi connectivity index (χ0n) is 11.4. The minimum atomic E-state index is -0.773. The van der Waals surface area contributed by atoms with Gasteiger partial charge in [-0.05, 0) is 29.8 Å². The van der Waals surface area contributed by atoms with E-state index in [2.05, 4.69) is 20.7 Å². The number of anilines is 1. The van der Waals surface area contributed by atoms with Crippen LogP contribution < -0.4 is 5.32 Å². The Morgan fingerprint density at radius 2 is 2.33 bits per heavy atom. The second-order valence-corrected chi connectivity index (χ2v) is 4.32. The Hall–Kier alpha value is -2.82. The molecule has 1 aromatic carbocycles. The van der Waals surface area contributed by atoms with Gasteiger partial charge in [0.1, 0.15) is 5.82 Å². The second kappa shape index (κ2) is 6.56. The number of aryl methyl sites for hydroxylation is 1. The summed E-state index contributed by atoms with van der Waals surface area (Å²) < 4.78 is 13.7. The Labute approximate surface area is 120 Å². The molecular weight excluding hydrogens is 275 g/mol. The van der Waals surface area contributed by atoms with Crippen LogP contribution in [-0.4, -0.2) is 26.1 Å². The lowest BCUT2D eigenvalue weighted by Crippen LogP contribution is -2.15. The van der Waals surface area contributed by atoms with Gasteiger partial charge in [0.15, 0.2) is 0 Å². The number of amides is 1. The third kappa shape index (κ3) is 3.60. The largest absolute Gasteiger partial charge is 0.288 e. The molecule has 0 radical (unpaired) electrons. The highest BCUT2D eigenvalue weighted by Gasteiger charge is 2.14. The molecule has 108 valence electrons. The van der Waals surface area contributed by atoms with Gasteiger partial charge in [-0.1, -0.05) is 18.4 Å². The van der Waals surface area contributed by atoms with E-state index >= 15 is 0 Å². The monoisotopic (exact) mass is 288 g/mol. The first-order chi connectivity index (χ1) is 10.1. The van der Waals surface area contributed by atoms with Gasteiger partial charge in [-0.15, -0.1) is 5.10 Å². The molecule has 2 aromatic rings. The lowest BCUT2D eigenvalue weighted by Gasteiger charge is -2.02. The number of benzene rings is 1. The number of hydrogen-bond acceptors (Lipinski definition) is 5. The number of carbonyl (C=O) groups is 1. The van der Waals surface area contributed by atoms with Crippen LogP contribution in [0.15, 0.2) is 18.2 Å². The summed E-state index contributed by atoms with van der Waals surface area (Å²) in [5.41, 5.74) is -0.0356. The smallest absolute Gasteiger partial charge is 0.270 e. The predicted molar refractivity (Wildman–Crippen MR) is 71.8 cm³/mol. The van der Waals surface area contributed by atoms with E-state index in [1.807, 2.05) is 6.92 Å². The molecule has 0 fully saturated rings. The van der Waals surface area contributed by atoms with Gasteiger partial charge in [-0.3, -0.25) is 10.1 Å². The molecule has 0 saturated heterocycles. The standard InChI is InChI=1S/C13H13FN6O/c1-2-3-6-20-18-13(17-19-20)16-12(21)10-5-4-9(8-15)7-11(10)14/h4-5,7H,2-3,6H2,1H3,(H,16,18,21). The van der Waals surface area contributed by atoms with Crippen LogP contribution in [-0.2, 0) is 6.54 Å². The molecule has 0 aliphatic rings. The van der Waals surface area contributed by atoms with Gasteiger partial charge in [-0.25, -0.2) is 4.39 Å². The van der Waals surface area contributed by atoms with Crippen LogP contribution in [0.25, 0.3) is 0 Å². The summed E-state index contributed by atoms with van der Waals surface area (Å²) in [6.07, 6.45) is 1.88. The van der Waals surface area contributed by atoms with Crippen molar-refractivity contribution in [1.82, 2.24) is 20.2 Å². The van der Waals surface area contributed by atoms with E-state index in [0.29, 0.717) is 6.54 Å². The van der Waals surface area contributed by atoms with Gasteiger partial charge in [0, 0.05) is 0 Å². The van der Waals surface area contributed by atoms with E-state index in [0.717, 1.165) is 18.9 Å². The van der Waals surface area contributed by atoms with Crippen molar-refractivity contribution >= 4 is 11.9 Å². The fourth-order valence-corrected chi connectivity index (χ4v) is 1.63. The summed E-state index contributed by atoms with van der Waals surface area (Å²) in [5, 5.41) is 22.4. The molecule has 0 unspecified atom stereocenters. The molecular formula is C13H13FN6O. The zero-order chi connectivity index (χ0) is 15.2. The Bertz CT molecular complexity index is 690. The summed E-state index contributed by atoms with van der Waals surface area (Å²) >= 11 is 0. The van der Waals surface area contributed by atoms with Gasteiger partial charge < -0.3 is 0 Å². The molecule has 0 spiro atoms. The van der Waals surface area contributed by atoms with Gasteiger partial charge >= 0.3 is 0 Å². The minimum absolute atomic E-state index is 0.0138. The molecule has 1 N–H and O–H groups in total. The maximum Gasteiger partial charge on any atom is 0.270 e. The van der Waals surface area contributed by atoms with Crippen LogP contribution in [0.5, 0.6) is 0 Å². The molecule has 0 bridgehead atoms. The second-order valence-electron chi connectivity index (χ2n) is 4.32. The molecule has 21 heavy (non-hydrogen) atoms. The SMILES string of the molecule is CCCCn1nnc(NC(=O)c2ccc(C#N)cc2F)n1. The van der Waals surface area contributed by atoms with Crippen molar-refractivity contribution < 1.29 is 9.18 Å². The molecule has 0 atom stereocenters. The number of unbranched alkanes of at least 4 members (excludes halogenated alkanes) is 1. The van der Waals surface area contributed by atoms with Crippen LogP contribution in [0.2, 0.25) is 0 Å². The fraction of sp³-hybridized carbons (Fsp3) is 0.308. The Balaban J connectivity index is 2.07. The van der Waals surface area contributed by atoms with E-state index in [1.165, 1.54) is 16.9 Å². The Morgan fingerprint density at radius 1 is 1.52 bits per heavy atom. The van der Waals surface area contributed by atoms with E-state index in [1.54, 1.807) is 6.07 Å². The van der Waals surface area contributed by atoms with Gasteiger partial charge in [0.2, 0.25) is 0 Å². The number of rotatable bonds is 5. The molecule has 7 nitrogen and oxygen atoms in total. The van der Waals surface area contributed by atoms with E-state index < -0.39 is 11.7 Å². The average Bonchev–Trinajstić information content (AvgIpc) is 2.92. The number of halogens is 1. The number of carbonyl (C=O) groups excluding carboxylic acids is 1. The number of aromatic nitrogens is 4. The van der Waals surface area contributed by atoms with Gasteiger partial charge in [-0.2, -0.15) is 10.1 Å². The number of nitrogens with zero attached hydrogens (tertiary/aromatic N) is 5. The van der Waals surface area contributed by atoms with Crippen molar-refractivity contribution in [3.8, 4) is 6.07 Å². The van der Waals surface area contributed by atoms with Crippen LogP contribution in [0.4, 0.5) is 10.3 Å². The van der Waals surface area contributed by atoms with Gasteiger partial charge in [0.25, 0.3) is 11.9 Å². The Kier molecular flexibility index (Phi) is 4.56. The first-order valence-electron chi connectivity index (χ1n) is 6.43. The van der Waals surface area contributed by atoms with Crippen LogP contribution in [0.3, 0.4) is 0 Å². The predicted octanol–water partition coefficient (Wildman–Crippen LogP) is 1.74. The first kappa shape index (κ1) is 14.6. The summed E-state index contributed by atoms with van der Waals surface area (Å²) in [4.78, 5) is 13.3. The van der Waals surface area contributed by atoms with Crippen LogP contribution >= 0.6 is 0 Å².